The second kappa shape index (κ2) is 10.4. The summed E-state index contributed by atoms with van der Waals surface area (Å²) in [5.74, 6) is -0.706. The molecule has 2 amide bonds. The lowest BCUT2D eigenvalue weighted by Crippen LogP contribution is -2.46. The summed E-state index contributed by atoms with van der Waals surface area (Å²) in [5, 5.41) is 2.81. The minimum Gasteiger partial charge on any atom is -0.327 e. The van der Waals surface area contributed by atoms with Crippen LogP contribution in [0.4, 0.5) is 5.69 Å². The van der Waals surface area contributed by atoms with Crippen molar-refractivity contribution in [2.45, 2.75) is 51.1 Å². The van der Waals surface area contributed by atoms with Gasteiger partial charge in [0.05, 0.1) is 4.90 Å². The molecular weight excluding hydrogens is 402 g/mol. The fraction of sp³-hybridized carbons (Fsp3) is 0.364. The molecule has 162 valence electrons. The highest BCUT2D eigenvalue weighted by atomic mass is 32.2. The van der Waals surface area contributed by atoms with Crippen LogP contribution in [-0.2, 0) is 14.8 Å². The zero-order chi connectivity index (χ0) is 22.3. The fourth-order valence-electron chi connectivity index (χ4n) is 2.96. The lowest BCUT2D eigenvalue weighted by Gasteiger charge is -2.28. The van der Waals surface area contributed by atoms with Crippen LogP contribution in [0, 0.1) is 0 Å². The Kier molecular flexibility index (Phi) is 8.14. The summed E-state index contributed by atoms with van der Waals surface area (Å²) in [5.41, 5.74) is 0.862. The first-order valence-electron chi connectivity index (χ1n) is 9.95. The maximum absolute atomic E-state index is 13.2. The molecule has 0 heterocycles. The molecule has 0 saturated carbocycles. The monoisotopic (exact) mass is 431 g/mol. The maximum atomic E-state index is 13.2. The van der Waals surface area contributed by atoms with Gasteiger partial charge in [0.2, 0.25) is 15.9 Å². The third-order valence-electron chi connectivity index (χ3n) is 4.40. The lowest BCUT2D eigenvalue weighted by atomic mass is 10.1. The van der Waals surface area contributed by atoms with Crippen LogP contribution in [-0.4, -0.2) is 43.8 Å². The highest BCUT2D eigenvalue weighted by molar-refractivity contribution is 7.89. The molecule has 0 spiro atoms. The molecule has 2 rings (SSSR count). The van der Waals surface area contributed by atoms with Crippen LogP contribution in [0.3, 0.4) is 0 Å². The number of nitrogens with zero attached hydrogens (tertiary/aromatic N) is 1. The van der Waals surface area contributed by atoms with E-state index in [1.807, 2.05) is 25.1 Å². The van der Waals surface area contributed by atoms with E-state index in [0.717, 1.165) is 0 Å². The molecule has 0 radical (unpaired) electrons. The zero-order valence-corrected chi connectivity index (χ0v) is 18.6. The van der Waals surface area contributed by atoms with Crippen LogP contribution in [0.15, 0.2) is 59.5 Å². The number of hydrogen-bond donors (Lipinski definition) is 2. The van der Waals surface area contributed by atoms with E-state index < -0.39 is 22.0 Å². The molecule has 0 bridgehead atoms. The third kappa shape index (κ3) is 6.14. The molecule has 2 aromatic carbocycles. The summed E-state index contributed by atoms with van der Waals surface area (Å²) in [6.45, 7) is 7.39. The van der Waals surface area contributed by atoms with E-state index >= 15 is 0 Å². The van der Waals surface area contributed by atoms with Gasteiger partial charge in [-0.05, 0) is 57.5 Å². The molecule has 1 atom stereocenters. The van der Waals surface area contributed by atoms with Crippen molar-refractivity contribution in [3.63, 3.8) is 0 Å². The Bertz CT molecular complexity index is 975. The number of hydrogen-bond acceptors (Lipinski definition) is 4. The predicted octanol–water partition coefficient (Wildman–Crippen LogP) is 3.25. The number of rotatable bonds is 9. The molecule has 30 heavy (non-hydrogen) atoms. The SMILES string of the molecule is CCCN(C(=O)c1cccc(S(=O)(=O)NC(C)C)c1)C(C)C(=O)Nc1ccccc1. The van der Waals surface area contributed by atoms with Gasteiger partial charge >= 0.3 is 0 Å². The van der Waals surface area contributed by atoms with Gasteiger partial charge in [0.15, 0.2) is 0 Å². The van der Waals surface area contributed by atoms with Crippen LogP contribution in [0.25, 0.3) is 0 Å². The molecule has 2 N–H and O–H groups in total. The van der Waals surface area contributed by atoms with Crippen molar-refractivity contribution in [3.05, 3.63) is 60.2 Å². The highest BCUT2D eigenvalue weighted by Crippen LogP contribution is 2.17. The standard InChI is InChI=1S/C22H29N3O4S/c1-5-14-25(17(4)21(26)23-19-11-7-6-8-12-19)22(27)18-10-9-13-20(15-18)30(28,29)24-16(2)3/h6-13,15-17,24H,5,14H2,1-4H3,(H,23,26). The Morgan fingerprint density at radius 3 is 2.27 bits per heavy atom. The van der Waals surface area contributed by atoms with E-state index in [0.29, 0.717) is 18.7 Å². The van der Waals surface area contributed by atoms with Crippen LogP contribution in [0.2, 0.25) is 0 Å². The van der Waals surface area contributed by atoms with Crippen molar-refractivity contribution in [2.75, 3.05) is 11.9 Å². The molecule has 0 fully saturated rings. The van der Waals surface area contributed by atoms with Crippen LogP contribution < -0.4 is 10.0 Å². The Morgan fingerprint density at radius 1 is 1.00 bits per heavy atom. The first-order chi connectivity index (χ1) is 14.2. The molecule has 0 aliphatic carbocycles. The summed E-state index contributed by atoms with van der Waals surface area (Å²) in [6, 6.07) is 13.9. The number of benzene rings is 2. The van der Waals surface area contributed by atoms with Gasteiger partial charge in [-0.3, -0.25) is 9.59 Å². The summed E-state index contributed by atoms with van der Waals surface area (Å²) in [4.78, 5) is 27.3. The number of sulfonamides is 1. The van der Waals surface area contributed by atoms with Crippen molar-refractivity contribution in [3.8, 4) is 0 Å². The molecule has 0 aliphatic heterocycles. The number of anilines is 1. The van der Waals surface area contributed by atoms with E-state index in [2.05, 4.69) is 10.0 Å². The minimum absolute atomic E-state index is 0.0138. The number of carbonyl (C=O) groups is 2. The highest BCUT2D eigenvalue weighted by Gasteiger charge is 2.27. The van der Waals surface area contributed by atoms with E-state index in [1.165, 1.54) is 23.1 Å². The second-order valence-electron chi connectivity index (χ2n) is 7.33. The van der Waals surface area contributed by atoms with Gasteiger partial charge in [0, 0.05) is 23.8 Å². The molecular formula is C22H29N3O4S. The Morgan fingerprint density at radius 2 is 1.67 bits per heavy atom. The van der Waals surface area contributed by atoms with E-state index in [9.17, 15) is 18.0 Å². The Balaban J connectivity index is 2.26. The zero-order valence-electron chi connectivity index (χ0n) is 17.8. The van der Waals surface area contributed by atoms with Crippen molar-refractivity contribution in [1.29, 1.82) is 0 Å². The normalized spacial score (nSPS) is 12.4. The quantitative estimate of drug-likeness (QED) is 0.637. The van der Waals surface area contributed by atoms with Gasteiger partial charge < -0.3 is 10.2 Å². The lowest BCUT2D eigenvalue weighted by molar-refractivity contribution is -0.120. The minimum atomic E-state index is -3.73. The first-order valence-corrected chi connectivity index (χ1v) is 11.4. The first kappa shape index (κ1) is 23.6. The topological polar surface area (TPSA) is 95.6 Å². The summed E-state index contributed by atoms with van der Waals surface area (Å²) in [6.07, 6.45) is 0.654. The Labute approximate surface area is 178 Å². The molecule has 0 saturated heterocycles. The number of carbonyl (C=O) groups excluding carboxylic acids is 2. The molecule has 1 unspecified atom stereocenters. The van der Waals surface area contributed by atoms with Gasteiger partial charge in [0.25, 0.3) is 5.91 Å². The number of amides is 2. The smallest absolute Gasteiger partial charge is 0.254 e. The maximum Gasteiger partial charge on any atom is 0.254 e. The van der Waals surface area contributed by atoms with Crippen LogP contribution in [0.1, 0.15) is 44.5 Å². The van der Waals surface area contributed by atoms with Gasteiger partial charge in [0.1, 0.15) is 6.04 Å². The summed E-state index contributed by atoms with van der Waals surface area (Å²) in [7, 11) is -3.73. The molecule has 0 aliphatic rings. The fourth-order valence-corrected chi connectivity index (χ4v) is 4.26. The van der Waals surface area contributed by atoms with Crippen molar-refractivity contribution in [1.82, 2.24) is 9.62 Å². The van der Waals surface area contributed by atoms with Gasteiger partial charge in [-0.1, -0.05) is 31.2 Å². The number of para-hydroxylation sites is 1. The van der Waals surface area contributed by atoms with Crippen molar-refractivity contribution < 1.29 is 18.0 Å². The van der Waals surface area contributed by atoms with Gasteiger partial charge in [-0.2, -0.15) is 0 Å². The second-order valence-corrected chi connectivity index (χ2v) is 9.05. The molecule has 8 heteroatoms. The molecule has 0 aromatic heterocycles. The van der Waals surface area contributed by atoms with Crippen LogP contribution >= 0.6 is 0 Å². The van der Waals surface area contributed by atoms with Gasteiger partial charge in [-0.15, -0.1) is 0 Å². The van der Waals surface area contributed by atoms with E-state index in [4.69, 9.17) is 0 Å². The van der Waals surface area contributed by atoms with Gasteiger partial charge in [-0.25, -0.2) is 13.1 Å². The van der Waals surface area contributed by atoms with Crippen LogP contribution in [0.5, 0.6) is 0 Å². The average Bonchev–Trinajstić information content (AvgIpc) is 2.71. The molecule has 2 aromatic rings. The largest absolute Gasteiger partial charge is 0.327 e. The summed E-state index contributed by atoms with van der Waals surface area (Å²) < 4.78 is 27.4. The third-order valence-corrected chi connectivity index (χ3v) is 6.05. The predicted molar refractivity (Wildman–Crippen MR) is 118 cm³/mol. The Hall–Kier alpha value is -2.71. The average molecular weight is 432 g/mol. The van der Waals surface area contributed by atoms with E-state index in [-0.39, 0.29) is 22.4 Å². The van der Waals surface area contributed by atoms with Crippen molar-refractivity contribution >= 4 is 27.5 Å². The van der Waals surface area contributed by atoms with Crippen molar-refractivity contribution in [2.24, 2.45) is 0 Å². The van der Waals surface area contributed by atoms with E-state index in [1.54, 1.807) is 39.0 Å². The molecule has 7 nitrogen and oxygen atoms in total. The number of nitrogens with one attached hydrogen (secondary N) is 2. The summed E-state index contributed by atoms with van der Waals surface area (Å²) >= 11 is 0.